The number of halogens is 3. The molecule has 3 aromatic rings. The van der Waals surface area contributed by atoms with Crippen molar-refractivity contribution in [2.24, 2.45) is 0 Å². The fourth-order valence-corrected chi connectivity index (χ4v) is 3.91. The lowest BCUT2D eigenvalue weighted by Gasteiger charge is -2.34. The van der Waals surface area contributed by atoms with Gasteiger partial charge in [-0.05, 0) is 25.1 Å². The molecule has 0 saturated carbocycles. The second-order valence-corrected chi connectivity index (χ2v) is 7.63. The summed E-state index contributed by atoms with van der Waals surface area (Å²) in [5.74, 6) is -0.779. The SMILES string of the molecule is Cc1onc(-c2c(F)cccc2Cl)c1C(=O)N1CCN(Cc2ccccc2F)CC1. The first-order chi connectivity index (χ1) is 14.5. The van der Waals surface area contributed by atoms with E-state index in [-0.39, 0.29) is 33.6 Å². The number of nitrogens with zero attached hydrogens (tertiary/aromatic N) is 3. The molecule has 156 valence electrons. The maximum atomic E-state index is 14.4. The standard InChI is InChI=1S/C22H20ClF2N3O2/c1-14-19(21(26-30-14)20-16(23)6-4-8-18(20)25)22(29)28-11-9-27(10-12-28)13-15-5-2-3-7-17(15)24/h2-8H,9-13H2,1H3. The van der Waals surface area contributed by atoms with Crippen LogP contribution < -0.4 is 0 Å². The average molecular weight is 432 g/mol. The van der Waals surface area contributed by atoms with Crippen molar-refractivity contribution in [3.63, 3.8) is 0 Å². The number of benzene rings is 2. The minimum Gasteiger partial charge on any atom is -0.360 e. The summed E-state index contributed by atoms with van der Waals surface area (Å²) in [6.07, 6.45) is 0. The van der Waals surface area contributed by atoms with E-state index < -0.39 is 5.82 Å². The van der Waals surface area contributed by atoms with Crippen LogP contribution in [0.15, 0.2) is 47.0 Å². The van der Waals surface area contributed by atoms with Crippen molar-refractivity contribution in [1.82, 2.24) is 15.0 Å². The topological polar surface area (TPSA) is 49.6 Å². The molecule has 1 amide bonds. The van der Waals surface area contributed by atoms with Gasteiger partial charge in [0.2, 0.25) is 0 Å². The molecule has 0 spiro atoms. The van der Waals surface area contributed by atoms with E-state index in [0.29, 0.717) is 44.0 Å². The average Bonchev–Trinajstić information content (AvgIpc) is 3.10. The zero-order valence-corrected chi connectivity index (χ0v) is 17.1. The molecule has 1 fully saturated rings. The molecule has 0 aliphatic carbocycles. The van der Waals surface area contributed by atoms with E-state index >= 15 is 0 Å². The van der Waals surface area contributed by atoms with Crippen molar-refractivity contribution in [3.05, 3.63) is 76.0 Å². The molecule has 1 saturated heterocycles. The smallest absolute Gasteiger partial charge is 0.259 e. The first-order valence-corrected chi connectivity index (χ1v) is 9.99. The van der Waals surface area contributed by atoms with E-state index in [1.807, 2.05) is 6.07 Å². The van der Waals surface area contributed by atoms with Crippen LogP contribution in [0.25, 0.3) is 11.3 Å². The van der Waals surface area contributed by atoms with Gasteiger partial charge in [-0.1, -0.05) is 41.0 Å². The van der Waals surface area contributed by atoms with E-state index in [1.165, 1.54) is 18.2 Å². The number of carbonyl (C=O) groups excluding carboxylic acids is 1. The Balaban J connectivity index is 1.50. The summed E-state index contributed by atoms with van der Waals surface area (Å²) in [5.41, 5.74) is 1.00. The highest BCUT2D eigenvalue weighted by atomic mass is 35.5. The minimum absolute atomic E-state index is 0.0533. The summed E-state index contributed by atoms with van der Waals surface area (Å²) in [7, 11) is 0. The summed E-state index contributed by atoms with van der Waals surface area (Å²) in [5, 5.41) is 4.06. The van der Waals surface area contributed by atoms with Gasteiger partial charge in [-0.15, -0.1) is 0 Å². The van der Waals surface area contributed by atoms with Crippen LogP contribution in [0.4, 0.5) is 8.78 Å². The molecule has 1 aliphatic heterocycles. The number of amides is 1. The Bertz CT molecular complexity index is 1060. The van der Waals surface area contributed by atoms with Crippen molar-refractivity contribution in [3.8, 4) is 11.3 Å². The van der Waals surface area contributed by atoms with E-state index in [2.05, 4.69) is 10.1 Å². The lowest BCUT2D eigenvalue weighted by molar-refractivity contribution is 0.0626. The third kappa shape index (κ3) is 3.95. The van der Waals surface area contributed by atoms with E-state index in [9.17, 15) is 13.6 Å². The molecule has 4 rings (SSSR count). The van der Waals surface area contributed by atoms with Crippen LogP contribution in [0.3, 0.4) is 0 Å². The summed E-state index contributed by atoms with van der Waals surface area (Å²) in [6, 6.07) is 11.0. The molecule has 0 radical (unpaired) electrons. The van der Waals surface area contributed by atoms with Crippen molar-refractivity contribution in [1.29, 1.82) is 0 Å². The highest BCUT2D eigenvalue weighted by molar-refractivity contribution is 6.33. The largest absolute Gasteiger partial charge is 0.360 e. The van der Waals surface area contributed by atoms with Crippen molar-refractivity contribution >= 4 is 17.5 Å². The molecule has 0 bridgehead atoms. The molecule has 2 heterocycles. The summed E-state index contributed by atoms with van der Waals surface area (Å²) < 4.78 is 33.5. The third-order valence-electron chi connectivity index (χ3n) is 5.29. The molecule has 30 heavy (non-hydrogen) atoms. The summed E-state index contributed by atoms with van der Waals surface area (Å²) in [4.78, 5) is 17.0. The number of hydrogen-bond acceptors (Lipinski definition) is 4. The minimum atomic E-state index is -0.570. The molecule has 5 nitrogen and oxygen atoms in total. The maximum absolute atomic E-state index is 14.4. The van der Waals surface area contributed by atoms with Gasteiger partial charge < -0.3 is 9.42 Å². The van der Waals surface area contributed by atoms with E-state index in [0.717, 1.165) is 0 Å². The number of hydrogen-bond donors (Lipinski definition) is 0. The van der Waals surface area contributed by atoms with Crippen molar-refractivity contribution in [2.45, 2.75) is 13.5 Å². The highest BCUT2D eigenvalue weighted by Gasteiger charge is 2.30. The third-order valence-corrected chi connectivity index (χ3v) is 5.60. The van der Waals surface area contributed by atoms with E-state index in [4.69, 9.17) is 16.1 Å². The predicted molar refractivity (Wildman–Crippen MR) is 109 cm³/mol. The van der Waals surface area contributed by atoms with Gasteiger partial charge >= 0.3 is 0 Å². The van der Waals surface area contributed by atoms with Gasteiger partial charge in [0.15, 0.2) is 0 Å². The number of carbonyl (C=O) groups is 1. The van der Waals surface area contributed by atoms with Crippen LogP contribution in [-0.2, 0) is 6.54 Å². The van der Waals surface area contributed by atoms with Gasteiger partial charge in [0.25, 0.3) is 5.91 Å². The Morgan fingerprint density at radius 2 is 1.77 bits per heavy atom. The van der Waals surface area contributed by atoms with Crippen LogP contribution in [0.2, 0.25) is 5.02 Å². The second-order valence-electron chi connectivity index (χ2n) is 7.22. The van der Waals surface area contributed by atoms with Crippen LogP contribution in [0, 0.1) is 18.6 Å². The highest BCUT2D eigenvalue weighted by Crippen LogP contribution is 2.34. The molecule has 0 unspecified atom stereocenters. The van der Waals surface area contributed by atoms with Crippen LogP contribution in [0.1, 0.15) is 21.7 Å². The van der Waals surface area contributed by atoms with Crippen molar-refractivity contribution in [2.75, 3.05) is 26.2 Å². The lowest BCUT2D eigenvalue weighted by atomic mass is 10.0. The van der Waals surface area contributed by atoms with Crippen LogP contribution >= 0.6 is 11.6 Å². The molecule has 2 aromatic carbocycles. The van der Waals surface area contributed by atoms with Gasteiger partial charge in [-0.3, -0.25) is 9.69 Å². The van der Waals surface area contributed by atoms with E-state index in [1.54, 1.807) is 30.0 Å². The molecular formula is C22H20ClF2N3O2. The van der Waals surface area contributed by atoms with Gasteiger partial charge in [-0.2, -0.15) is 0 Å². The van der Waals surface area contributed by atoms with Crippen LogP contribution in [0.5, 0.6) is 0 Å². The molecule has 0 N–H and O–H groups in total. The van der Waals surface area contributed by atoms with Crippen LogP contribution in [-0.4, -0.2) is 47.0 Å². The summed E-state index contributed by atoms with van der Waals surface area (Å²) >= 11 is 6.16. The van der Waals surface area contributed by atoms with Crippen molar-refractivity contribution < 1.29 is 18.1 Å². The Morgan fingerprint density at radius 1 is 1.07 bits per heavy atom. The van der Waals surface area contributed by atoms with Gasteiger partial charge in [0, 0.05) is 38.3 Å². The zero-order valence-electron chi connectivity index (χ0n) is 16.4. The molecule has 1 aliphatic rings. The van der Waals surface area contributed by atoms with Gasteiger partial charge in [0.05, 0.1) is 10.6 Å². The fourth-order valence-electron chi connectivity index (χ4n) is 3.65. The Morgan fingerprint density at radius 3 is 2.47 bits per heavy atom. The molecular weight excluding hydrogens is 412 g/mol. The quantitative estimate of drug-likeness (QED) is 0.608. The number of aryl methyl sites for hydroxylation is 1. The normalized spacial score (nSPS) is 14.9. The first-order valence-electron chi connectivity index (χ1n) is 9.61. The Hall–Kier alpha value is -2.77. The Kier molecular flexibility index (Phi) is 5.83. The second kappa shape index (κ2) is 8.53. The maximum Gasteiger partial charge on any atom is 0.259 e. The predicted octanol–water partition coefficient (Wildman–Crippen LogP) is 4.54. The fraction of sp³-hybridized carbons (Fsp3) is 0.273. The number of piperazine rings is 1. The molecule has 1 aromatic heterocycles. The number of aromatic nitrogens is 1. The zero-order chi connectivity index (χ0) is 21.3. The van der Waals surface area contributed by atoms with Gasteiger partial charge in [0.1, 0.15) is 28.7 Å². The molecule has 0 atom stereocenters. The van der Waals surface area contributed by atoms with Gasteiger partial charge in [-0.25, -0.2) is 8.78 Å². The Labute approximate surface area is 177 Å². The monoisotopic (exact) mass is 431 g/mol. The number of rotatable bonds is 4. The molecule has 8 heteroatoms. The lowest BCUT2D eigenvalue weighted by Crippen LogP contribution is -2.48. The first kappa shape index (κ1) is 20.5. The summed E-state index contributed by atoms with van der Waals surface area (Å²) in [6.45, 7) is 4.22.